The second-order valence-electron chi connectivity index (χ2n) is 8.89. The normalized spacial score (nSPS) is 15.1. The summed E-state index contributed by atoms with van der Waals surface area (Å²) in [6.45, 7) is 5.72. The maximum atomic E-state index is 13.3. The summed E-state index contributed by atoms with van der Waals surface area (Å²) in [4.78, 5) is 27.8. The van der Waals surface area contributed by atoms with Gasteiger partial charge in [0.25, 0.3) is 5.91 Å². The molecule has 0 heterocycles. The van der Waals surface area contributed by atoms with E-state index in [1.807, 2.05) is 32.0 Å². The van der Waals surface area contributed by atoms with Crippen LogP contribution in [0.2, 0.25) is 10.0 Å². The van der Waals surface area contributed by atoms with Crippen molar-refractivity contribution >= 4 is 35.0 Å². The molecule has 2 aromatic carbocycles. The number of carbonyl (C=O) groups is 2. The first kappa shape index (κ1) is 25.4. The van der Waals surface area contributed by atoms with E-state index >= 15 is 0 Å². The molecular formula is C26H32Cl2N2O3. The highest BCUT2D eigenvalue weighted by molar-refractivity contribution is 6.35. The van der Waals surface area contributed by atoms with Crippen LogP contribution < -0.4 is 10.1 Å². The van der Waals surface area contributed by atoms with Crippen molar-refractivity contribution in [2.45, 2.75) is 71.5 Å². The van der Waals surface area contributed by atoms with Crippen molar-refractivity contribution in [3.8, 4) is 5.75 Å². The minimum Gasteiger partial charge on any atom is -0.484 e. The Morgan fingerprint density at radius 2 is 1.73 bits per heavy atom. The first-order valence-electron chi connectivity index (χ1n) is 11.5. The number of halogens is 2. The van der Waals surface area contributed by atoms with Crippen LogP contribution in [0.25, 0.3) is 0 Å². The second-order valence-corrected chi connectivity index (χ2v) is 9.73. The van der Waals surface area contributed by atoms with Crippen molar-refractivity contribution in [3.05, 3.63) is 63.1 Å². The number of ether oxygens (including phenoxy) is 1. The minimum absolute atomic E-state index is 0.160. The van der Waals surface area contributed by atoms with Crippen LogP contribution in [-0.4, -0.2) is 35.4 Å². The SMILES string of the molecule is Cc1cc(C)cc(OCC(=O)N(Cc2ccc(Cl)cc2Cl)[C@H](C)C(=O)NC2CCCCC2)c1. The monoisotopic (exact) mass is 490 g/mol. The Balaban J connectivity index is 1.75. The van der Waals surface area contributed by atoms with Gasteiger partial charge in [0.15, 0.2) is 6.61 Å². The second kappa shape index (κ2) is 11.8. The van der Waals surface area contributed by atoms with Crippen LogP contribution in [0.15, 0.2) is 36.4 Å². The predicted molar refractivity (Wildman–Crippen MR) is 133 cm³/mol. The molecule has 0 aliphatic heterocycles. The first-order valence-corrected chi connectivity index (χ1v) is 12.2. The van der Waals surface area contributed by atoms with Gasteiger partial charge in [-0.2, -0.15) is 0 Å². The van der Waals surface area contributed by atoms with Crippen molar-refractivity contribution in [2.24, 2.45) is 0 Å². The predicted octanol–water partition coefficient (Wildman–Crippen LogP) is 5.86. The highest BCUT2D eigenvalue weighted by Crippen LogP contribution is 2.24. The fourth-order valence-corrected chi connectivity index (χ4v) is 4.70. The summed E-state index contributed by atoms with van der Waals surface area (Å²) in [6, 6.07) is 10.5. The molecule has 7 heteroatoms. The quantitative estimate of drug-likeness (QED) is 0.504. The zero-order valence-corrected chi connectivity index (χ0v) is 21.0. The third kappa shape index (κ3) is 7.38. The van der Waals surface area contributed by atoms with E-state index in [1.165, 1.54) is 11.3 Å². The molecule has 1 N–H and O–H groups in total. The first-order chi connectivity index (χ1) is 15.7. The molecule has 1 aliphatic rings. The van der Waals surface area contributed by atoms with Crippen LogP contribution in [0.1, 0.15) is 55.7 Å². The number of nitrogens with zero attached hydrogens (tertiary/aromatic N) is 1. The summed E-state index contributed by atoms with van der Waals surface area (Å²) in [5, 5.41) is 4.10. The summed E-state index contributed by atoms with van der Waals surface area (Å²) < 4.78 is 5.80. The molecular weight excluding hydrogens is 459 g/mol. The van der Waals surface area contributed by atoms with Crippen molar-refractivity contribution in [1.82, 2.24) is 10.2 Å². The largest absolute Gasteiger partial charge is 0.484 e. The van der Waals surface area contributed by atoms with Crippen molar-refractivity contribution in [2.75, 3.05) is 6.61 Å². The van der Waals surface area contributed by atoms with E-state index in [0.29, 0.717) is 15.8 Å². The lowest BCUT2D eigenvalue weighted by Gasteiger charge is -2.31. The van der Waals surface area contributed by atoms with E-state index in [1.54, 1.807) is 25.1 Å². The summed E-state index contributed by atoms with van der Waals surface area (Å²) in [7, 11) is 0. The van der Waals surface area contributed by atoms with Gasteiger partial charge in [0.2, 0.25) is 5.91 Å². The van der Waals surface area contributed by atoms with E-state index < -0.39 is 6.04 Å². The number of carbonyl (C=O) groups excluding carboxylic acids is 2. The molecule has 33 heavy (non-hydrogen) atoms. The molecule has 0 saturated heterocycles. The molecule has 1 fully saturated rings. The maximum Gasteiger partial charge on any atom is 0.261 e. The molecule has 178 valence electrons. The van der Waals surface area contributed by atoms with Crippen LogP contribution in [0.4, 0.5) is 0 Å². The van der Waals surface area contributed by atoms with Gasteiger partial charge in [-0.25, -0.2) is 0 Å². The Hall–Kier alpha value is -2.24. The molecule has 3 rings (SSSR count). The Bertz CT molecular complexity index is 969. The van der Waals surface area contributed by atoms with Gasteiger partial charge in [-0.15, -0.1) is 0 Å². The molecule has 5 nitrogen and oxygen atoms in total. The Kier molecular flexibility index (Phi) is 9.04. The number of aryl methyl sites for hydroxylation is 2. The third-order valence-corrected chi connectivity index (χ3v) is 6.62. The third-order valence-electron chi connectivity index (χ3n) is 6.03. The molecule has 0 unspecified atom stereocenters. The van der Waals surface area contributed by atoms with Gasteiger partial charge in [-0.3, -0.25) is 9.59 Å². The van der Waals surface area contributed by atoms with Gasteiger partial charge in [0.05, 0.1) is 0 Å². The van der Waals surface area contributed by atoms with Crippen LogP contribution in [0, 0.1) is 13.8 Å². The molecule has 1 aliphatic carbocycles. The Morgan fingerprint density at radius 1 is 1.06 bits per heavy atom. The van der Waals surface area contributed by atoms with E-state index in [-0.39, 0.29) is 31.0 Å². The van der Waals surface area contributed by atoms with Gasteiger partial charge >= 0.3 is 0 Å². The van der Waals surface area contributed by atoms with Gasteiger partial charge in [-0.1, -0.05) is 54.6 Å². The Morgan fingerprint density at radius 3 is 2.36 bits per heavy atom. The summed E-state index contributed by atoms with van der Waals surface area (Å²) in [5.74, 6) is 0.183. The highest BCUT2D eigenvalue weighted by atomic mass is 35.5. The lowest BCUT2D eigenvalue weighted by Crippen LogP contribution is -2.51. The molecule has 0 spiro atoms. The van der Waals surface area contributed by atoms with E-state index in [2.05, 4.69) is 5.32 Å². The highest BCUT2D eigenvalue weighted by Gasteiger charge is 2.29. The average molecular weight is 491 g/mol. The topological polar surface area (TPSA) is 58.6 Å². The zero-order valence-electron chi connectivity index (χ0n) is 19.5. The summed E-state index contributed by atoms with van der Waals surface area (Å²) >= 11 is 12.4. The van der Waals surface area contributed by atoms with Gasteiger partial charge in [0.1, 0.15) is 11.8 Å². The number of rotatable bonds is 8. The minimum atomic E-state index is -0.672. The van der Waals surface area contributed by atoms with Crippen molar-refractivity contribution in [1.29, 1.82) is 0 Å². The number of hydrogen-bond donors (Lipinski definition) is 1. The van der Waals surface area contributed by atoms with Crippen molar-refractivity contribution in [3.63, 3.8) is 0 Å². The van der Waals surface area contributed by atoms with Gasteiger partial charge in [0, 0.05) is 22.6 Å². The van der Waals surface area contributed by atoms with Gasteiger partial charge < -0.3 is 15.0 Å². The molecule has 0 aromatic heterocycles. The van der Waals surface area contributed by atoms with Crippen molar-refractivity contribution < 1.29 is 14.3 Å². The number of benzene rings is 2. The average Bonchev–Trinajstić information content (AvgIpc) is 2.76. The fourth-order valence-electron chi connectivity index (χ4n) is 4.23. The standard InChI is InChI=1S/C26H32Cl2N2O3/c1-17-11-18(2)13-23(12-17)33-16-25(31)30(15-20-9-10-21(27)14-24(20)28)19(3)26(32)29-22-7-5-4-6-8-22/h9-14,19,22H,4-8,15-16H2,1-3H3,(H,29,32)/t19-/m1/s1. The Labute approximate surface area is 206 Å². The molecule has 0 radical (unpaired) electrons. The molecule has 1 atom stereocenters. The summed E-state index contributed by atoms with van der Waals surface area (Å²) in [5.41, 5.74) is 2.84. The maximum absolute atomic E-state index is 13.3. The van der Waals surface area contributed by atoms with Gasteiger partial charge in [-0.05, 0) is 74.6 Å². The fraction of sp³-hybridized carbons (Fsp3) is 0.462. The van der Waals surface area contributed by atoms with Crippen LogP contribution >= 0.6 is 23.2 Å². The number of amides is 2. The van der Waals surface area contributed by atoms with Crippen LogP contribution in [0.3, 0.4) is 0 Å². The van der Waals surface area contributed by atoms with Crippen LogP contribution in [-0.2, 0) is 16.1 Å². The number of hydrogen-bond acceptors (Lipinski definition) is 3. The molecule has 2 aromatic rings. The molecule has 1 saturated carbocycles. The van der Waals surface area contributed by atoms with E-state index in [0.717, 1.165) is 42.4 Å². The smallest absolute Gasteiger partial charge is 0.261 e. The van der Waals surface area contributed by atoms with E-state index in [4.69, 9.17) is 27.9 Å². The molecule has 0 bridgehead atoms. The number of nitrogens with one attached hydrogen (secondary N) is 1. The molecule has 2 amide bonds. The summed E-state index contributed by atoms with van der Waals surface area (Å²) in [6.07, 6.45) is 5.39. The lowest BCUT2D eigenvalue weighted by molar-refractivity contribution is -0.142. The zero-order chi connectivity index (χ0) is 24.0. The van der Waals surface area contributed by atoms with E-state index in [9.17, 15) is 9.59 Å². The van der Waals surface area contributed by atoms with Crippen LogP contribution in [0.5, 0.6) is 5.75 Å². The lowest BCUT2D eigenvalue weighted by atomic mass is 9.95.